The van der Waals surface area contributed by atoms with Crippen LogP contribution in [0.5, 0.6) is 0 Å². The number of aromatic amines is 1. The topological polar surface area (TPSA) is 53.9 Å². The number of nitrogens with zero attached hydrogens (tertiary/aromatic N) is 3. The van der Waals surface area contributed by atoms with Crippen molar-refractivity contribution in [1.82, 2.24) is 19.7 Å². The number of carbonyl (C=O) groups is 1. The number of benzene rings is 1. The summed E-state index contributed by atoms with van der Waals surface area (Å²) >= 11 is 6.15. The van der Waals surface area contributed by atoms with E-state index < -0.39 is 0 Å². The Morgan fingerprint density at radius 1 is 1.33 bits per heavy atom. The van der Waals surface area contributed by atoms with Crippen molar-refractivity contribution in [2.45, 2.75) is 53.1 Å². The number of halogens is 1. The summed E-state index contributed by atoms with van der Waals surface area (Å²) in [6.07, 6.45) is 1.32. The summed E-state index contributed by atoms with van der Waals surface area (Å²) < 4.78 is 1.99. The summed E-state index contributed by atoms with van der Waals surface area (Å²) in [5, 5.41) is 6.53. The lowest BCUT2D eigenvalue weighted by Gasteiger charge is -2.28. The van der Waals surface area contributed by atoms with Crippen LogP contribution in [0, 0.1) is 20.8 Å². The maximum absolute atomic E-state index is 12.9. The van der Waals surface area contributed by atoms with Crippen LogP contribution in [-0.2, 0) is 17.8 Å². The Hall–Kier alpha value is -2.27. The van der Waals surface area contributed by atoms with Crippen LogP contribution in [0.4, 0.5) is 0 Å². The highest BCUT2D eigenvalue weighted by atomic mass is 35.5. The third-order valence-electron chi connectivity index (χ3n) is 5.86. The second-order valence-electron chi connectivity index (χ2n) is 7.63. The molecule has 6 heteroatoms. The highest BCUT2D eigenvalue weighted by Crippen LogP contribution is 2.30. The van der Waals surface area contributed by atoms with Crippen LogP contribution < -0.4 is 0 Å². The Morgan fingerprint density at radius 2 is 2.11 bits per heavy atom. The molecule has 4 rings (SSSR count). The first kappa shape index (κ1) is 18.1. The van der Waals surface area contributed by atoms with E-state index in [0.717, 1.165) is 40.6 Å². The second kappa shape index (κ2) is 6.71. The van der Waals surface area contributed by atoms with E-state index in [4.69, 9.17) is 11.6 Å². The first-order chi connectivity index (χ1) is 12.8. The Kier molecular flexibility index (Phi) is 4.50. The molecule has 0 fully saturated rings. The zero-order valence-electron chi connectivity index (χ0n) is 16.3. The largest absolute Gasteiger partial charge is 0.357 e. The van der Waals surface area contributed by atoms with Crippen LogP contribution in [0.15, 0.2) is 18.2 Å². The van der Waals surface area contributed by atoms with E-state index >= 15 is 0 Å². The minimum atomic E-state index is 0.0489. The van der Waals surface area contributed by atoms with Crippen molar-refractivity contribution in [3.05, 3.63) is 51.4 Å². The van der Waals surface area contributed by atoms with E-state index in [2.05, 4.69) is 30.9 Å². The van der Waals surface area contributed by atoms with E-state index in [1.807, 2.05) is 34.7 Å². The highest BCUT2D eigenvalue weighted by molar-refractivity contribution is 6.31. The van der Waals surface area contributed by atoms with E-state index in [-0.39, 0.29) is 11.9 Å². The molecule has 3 aromatic rings. The van der Waals surface area contributed by atoms with Crippen molar-refractivity contribution in [2.24, 2.45) is 0 Å². The maximum Gasteiger partial charge on any atom is 0.225 e. The van der Waals surface area contributed by atoms with Crippen LogP contribution in [0.3, 0.4) is 0 Å². The molecule has 2 aromatic heterocycles. The highest BCUT2D eigenvalue weighted by Gasteiger charge is 2.26. The average Bonchev–Trinajstić information content (AvgIpc) is 3.13. The molecule has 0 spiro atoms. The minimum Gasteiger partial charge on any atom is -0.357 e. The fourth-order valence-corrected chi connectivity index (χ4v) is 4.24. The minimum absolute atomic E-state index is 0.0489. The second-order valence-corrected chi connectivity index (χ2v) is 8.07. The molecule has 5 nitrogen and oxygen atoms in total. The number of hydrogen-bond acceptors (Lipinski definition) is 2. The molecular formula is C21H25ClN4O. The number of nitrogens with one attached hydrogen (secondary N) is 1. The Bertz CT molecular complexity index is 1030. The predicted octanol–water partition coefficient (Wildman–Crippen LogP) is 4.48. The Morgan fingerprint density at radius 3 is 2.81 bits per heavy atom. The number of rotatable bonds is 3. The average molecular weight is 385 g/mol. The molecule has 0 radical (unpaired) electrons. The third-order valence-corrected chi connectivity index (χ3v) is 6.10. The van der Waals surface area contributed by atoms with Crippen molar-refractivity contribution in [3.8, 4) is 0 Å². The van der Waals surface area contributed by atoms with Gasteiger partial charge in [-0.2, -0.15) is 5.10 Å². The van der Waals surface area contributed by atoms with Gasteiger partial charge >= 0.3 is 0 Å². The molecule has 27 heavy (non-hydrogen) atoms. The van der Waals surface area contributed by atoms with E-state index in [9.17, 15) is 4.79 Å². The molecule has 0 saturated heterocycles. The molecule has 1 atom stereocenters. The molecule has 1 aliphatic heterocycles. The van der Waals surface area contributed by atoms with Gasteiger partial charge in [-0.1, -0.05) is 11.6 Å². The molecule has 1 N–H and O–H groups in total. The molecule has 3 heterocycles. The Balaban J connectivity index is 1.51. The van der Waals surface area contributed by atoms with Gasteiger partial charge in [0.1, 0.15) is 0 Å². The molecule has 0 aliphatic carbocycles. The van der Waals surface area contributed by atoms with E-state index in [0.29, 0.717) is 13.0 Å². The van der Waals surface area contributed by atoms with Crippen molar-refractivity contribution < 1.29 is 4.79 Å². The number of hydrogen-bond donors (Lipinski definition) is 1. The summed E-state index contributed by atoms with van der Waals surface area (Å²) in [4.78, 5) is 18.3. The zero-order valence-corrected chi connectivity index (χ0v) is 17.0. The first-order valence-corrected chi connectivity index (χ1v) is 9.82. The van der Waals surface area contributed by atoms with Gasteiger partial charge in [-0.15, -0.1) is 0 Å². The molecule has 1 aliphatic rings. The predicted molar refractivity (Wildman–Crippen MR) is 108 cm³/mol. The lowest BCUT2D eigenvalue weighted by molar-refractivity contribution is -0.133. The molecule has 0 saturated carbocycles. The van der Waals surface area contributed by atoms with Gasteiger partial charge in [0.05, 0.1) is 18.3 Å². The molecule has 1 amide bonds. The van der Waals surface area contributed by atoms with Gasteiger partial charge in [-0.25, -0.2) is 0 Å². The van der Waals surface area contributed by atoms with Crippen LogP contribution >= 0.6 is 11.6 Å². The fraction of sp³-hybridized carbons (Fsp3) is 0.429. The van der Waals surface area contributed by atoms with Gasteiger partial charge in [-0.05, 0) is 63.4 Å². The monoisotopic (exact) mass is 384 g/mol. The number of carbonyl (C=O) groups excluding carboxylic acids is 1. The summed E-state index contributed by atoms with van der Waals surface area (Å²) in [5.41, 5.74) is 6.88. The molecule has 0 bridgehead atoms. The van der Waals surface area contributed by atoms with Crippen molar-refractivity contribution in [3.63, 3.8) is 0 Å². The van der Waals surface area contributed by atoms with E-state index in [1.54, 1.807) is 0 Å². The number of aryl methyl sites for hydroxylation is 1. The van der Waals surface area contributed by atoms with Crippen LogP contribution in [0.2, 0.25) is 5.02 Å². The lowest BCUT2D eigenvalue weighted by Crippen LogP contribution is -2.37. The molecule has 0 unspecified atom stereocenters. The van der Waals surface area contributed by atoms with Crippen LogP contribution in [0.1, 0.15) is 47.6 Å². The molecule has 1 aromatic carbocycles. The van der Waals surface area contributed by atoms with Crippen LogP contribution in [-0.4, -0.2) is 32.1 Å². The lowest BCUT2D eigenvalue weighted by atomic mass is 10.0. The first-order valence-electron chi connectivity index (χ1n) is 9.44. The smallest absolute Gasteiger partial charge is 0.225 e. The van der Waals surface area contributed by atoms with Crippen LogP contribution in [0.25, 0.3) is 10.9 Å². The summed E-state index contributed by atoms with van der Waals surface area (Å²) in [6.45, 7) is 9.60. The van der Waals surface area contributed by atoms with Gasteiger partial charge in [0.2, 0.25) is 5.91 Å². The quantitative estimate of drug-likeness (QED) is 0.723. The van der Waals surface area contributed by atoms with Gasteiger partial charge in [0.25, 0.3) is 0 Å². The SMILES string of the molecule is Cc1nn([C@H](C)CC(=O)N2CCc3c([nH]c4ccc(Cl)cc34)C2)c(C)c1C. The van der Waals surface area contributed by atoms with Crippen molar-refractivity contribution in [1.29, 1.82) is 0 Å². The summed E-state index contributed by atoms with van der Waals surface area (Å²) in [7, 11) is 0. The fourth-order valence-electron chi connectivity index (χ4n) is 4.07. The summed E-state index contributed by atoms with van der Waals surface area (Å²) in [6, 6.07) is 5.96. The zero-order chi connectivity index (χ0) is 19.3. The summed E-state index contributed by atoms with van der Waals surface area (Å²) in [5.74, 6) is 0.176. The molecular weight excluding hydrogens is 360 g/mol. The number of aromatic nitrogens is 3. The number of H-pyrrole nitrogens is 1. The van der Waals surface area contributed by atoms with Gasteiger partial charge < -0.3 is 9.88 Å². The van der Waals surface area contributed by atoms with Gasteiger partial charge in [0, 0.05) is 40.3 Å². The third kappa shape index (κ3) is 3.14. The van der Waals surface area contributed by atoms with Crippen molar-refractivity contribution in [2.75, 3.05) is 6.54 Å². The number of fused-ring (bicyclic) bond motifs is 3. The normalized spacial score (nSPS) is 15.2. The van der Waals surface area contributed by atoms with E-state index in [1.165, 1.54) is 16.5 Å². The van der Waals surface area contributed by atoms with Crippen molar-refractivity contribution >= 4 is 28.4 Å². The number of amides is 1. The molecule has 142 valence electrons. The Labute approximate surface area is 164 Å². The maximum atomic E-state index is 12.9. The van der Waals surface area contributed by atoms with Gasteiger partial charge in [0.15, 0.2) is 0 Å². The standard InChI is InChI=1S/C21H25ClN4O/c1-12(26-15(4)13(2)14(3)24-26)9-21(27)25-8-7-17-18-10-16(22)5-6-19(18)23-20(17)11-25/h5-6,10,12,23H,7-9,11H2,1-4H3/t12-/m1/s1. The van der Waals surface area contributed by atoms with Gasteiger partial charge in [-0.3, -0.25) is 9.48 Å².